The highest BCUT2D eigenvalue weighted by Crippen LogP contribution is 2.53. The summed E-state index contributed by atoms with van der Waals surface area (Å²) in [6, 6.07) is 0.925. The van der Waals surface area contributed by atoms with Crippen LogP contribution < -0.4 is 11.1 Å². The Hall–Kier alpha value is -0.770. The Morgan fingerprint density at radius 2 is 2.12 bits per heavy atom. The summed E-state index contributed by atoms with van der Waals surface area (Å²) >= 11 is 0. The molecule has 2 saturated carbocycles. The average molecular weight is 223 g/mol. The number of hydrogen-bond donors (Lipinski definition) is 2. The van der Waals surface area contributed by atoms with Crippen LogP contribution >= 0.6 is 0 Å². The van der Waals surface area contributed by atoms with Crippen molar-refractivity contribution in [3.8, 4) is 0 Å². The van der Waals surface area contributed by atoms with Crippen molar-refractivity contribution >= 4 is 5.96 Å². The quantitative estimate of drug-likeness (QED) is 0.539. The second-order valence-corrected chi connectivity index (χ2v) is 5.94. The van der Waals surface area contributed by atoms with E-state index in [2.05, 4.69) is 24.2 Å². The van der Waals surface area contributed by atoms with Gasteiger partial charge in [-0.15, -0.1) is 0 Å². The maximum absolute atomic E-state index is 5.93. The lowest BCUT2D eigenvalue weighted by molar-refractivity contribution is -0.0986. The van der Waals surface area contributed by atoms with Crippen LogP contribution in [0.1, 0.15) is 33.1 Å². The molecule has 1 aliphatic heterocycles. The molecule has 3 atom stereocenters. The van der Waals surface area contributed by atoms with Gasteiger partial charge >= 0.3 is 0 Å². The van der Waals surface area contributed by atoms with Crippen molar-refractivity contribution in [3.05, 3.63) is 0 Å². The lowest BCUT2D eigenvalue weighted by atomic mass is 9.57. The number of nitrogens with two attached hydrogens (primary N) is 1. The van der Waals surface area contributed by atoms with Gasteiger partial charge in [-0.3, -0.25) is 0 Å². The molecule has 3 unspecified atom stereocenters. The molecule has 3 rings (SSSR count). The van der Waals surface area contributed by atoms with Gasteiger partial charge in [-0.2, -0.15) is 0 Å². The van der Waals surface area contributed by atoms with Crippen molar-refractivity contribution < 1.29 is 4.74 Å². The molecule has 4 heteroatoms. The molecule has 3 N–H and O–H groups in total. The van der Waals surface area contributed by atoms with Gasteiger partial charge in [-0.1, -0.05) is 13.8 Å². The fourth-order valence-electron chi connectivity index (χ4n) is 3.18. The monoisotopic (exact) mass is 223 g/mol. The summed E-state index contributed by atoms with van der Waals surface area (Å²) in [7, 11) is 0. The third-order valence-corrected chi connectivity index (χ3v) is 4.25. The second-order valence-electron chi connectivity index (χ2n) is 5.94. The van der Waals surface area contributed by atoms with Crippen molar-refractivity contribution in [1.82, 2.24) is 5.32 Å². The van der Waals surface area contributed by atoms with Crippen molar-refractivity contribution in [2.24, 2.45) is 22.1 Å². The fraction of sp³-hybridized carbons (Fsp3) is 0.917. The van der Waals surface area contributed by atoms with Gasteiger partial charge in [0.05, 0.1) is 12.1 Å². The maximum atomic E-state index is 5.93. The largest absolute Gasteiger partial charge is 0.377 e. The first kappa shape index (κ1) is 10.4. The minimum Gasteiger partial charge on any atom is -0.377 e. The van der Waals surface area contributed by atoms with E-state index in [-0.39, 0.29) is 5.41 Å². The van der Waals surface area contributed by atoms with E-state index >= 15 is 0 Å². The first-order valence-electron chi connectivity index (χ1n) is 6.30. The van der Waals surface area contributed by atoms with Gasteiger partial charge in [0.1, 0.15) is 0 Å². The van der Waals surface area contributed by atoms with Crippen LogP contribution in [-0.4, -0.2) is 30.8 Å². The van der Waals surface area contributed by atoms with Gasteiger partial charge in [-0.25, -0.2) is 4.99 Å². The van der Waals surface area contributed by atoms with E-state index in [1.807, 2.05) is 0 Å². The van der Waals surface area contributed by atoms with E-state index in [0.29, 0.717) is 30.1 Å². The number of nitrogens with zero attached hydrogens (tertiary/aromatic N) is 1. The molecular formula is C12H21N3O. The summed E-state index contributed by atoms with van der Waals surface area (Å²) in [5.41, 5.74) is 6.08. The molecule has 0 radical (unpaired) electrons. The SMILES string of the molecule is CC1(C)C(N=C(N)NC2CC2)C2CCOC21. The summed E-state index contributed by atoms with van der Waals surface area (Å²) in [4.78, 5) is 4.66. The second kappa shape index (κ2) is 3.36. The number of rotatable bonds is 2. The Labute approximate surface area is 96.6 Å². The highest BCUT2D eigenvalue weighted by molar-refractivity contribution is 5.78. The van der Waals surface area contributed by atoms with Gasteiger partial charge in [0.2, 0.25) is 0 Å². The lowest BCUT2D eigenvalue weighted by Crippen LogP contribution is -2.59. The van der Waals surface area contributed by atoms with Crippen molar-refractivity contribution in [3.63, 3.8) is 0 Å². The van der Waals surface area contributed by atoms with Gasteiger partial charge in [0.25, 0.3) is 0 Å². The molecule has 3 fully saturated rings. The Morgan fingerprint density at radius 3 is 2.81 bits per heavy atom. The van der Waals surface area contributed by atoms with Gasteiger partial charge < -0.3 is 15.8 Å². The summed E-state index contributed by atoms with van der Waals surface area (Å²) in [5.74, 6) is 1.22. The van der Waals surface area contributed by atoms with E-state index < -0.39 is 0 Å². The van der Waals surface area contributed by atoms with Gasteiger partial charge in [0, 0.05) is 24.0 Å². The molecule has 0 aromatic carbocycles. The van der Waals surface area contributed by atoms with Crippen molar-refractivity contribution in [1.29, 1.82) is 0 Å². The molecule has 1 heterocycles. The fourth-order valence-corrected chi connectivity index (χ4v) is 3.18. The topological polar surface area (TPSA) is 59.6 Å². The van der Waals surface area contributed by atoms with Crippen LogP contribution in [0, 0.1) is 11.3 Å². The molecule has 4 nitrogen and oxygen atoms in total. The molecule has 0 amide bonds. The number of hydrogen-bond acceptors (Lipinski definition) is 2. The smallest absolute Gasteiger partial charge is 0.189 e. The lowest BCUT2D eigenvalue weighted by Gasteiger charge is -2.52. The summed E-state index contributed by atoms with van der Waals surface area (Å²) in [6.45, 7) is 5.36. The van der Waals surface area contributed by atoms with Crippen molar-refractivity contribution in [2.45, 2.75) is 51.3 Å². The highest BCUT2D eigenvalue weighted by atomic mass is 16.5. The zero-order valence-corrected chi connectivity index (χ0v) is 10.1. The normalized spacial score (nSPS) is 41.4. The number of ether oxygens (including phenoxy) is 1. The van der Waals surface area contributed by atoms with E-state index in [0.717, 1.165) is 13.0 Å². The Kier molecular flexibility index (Phi) is 2.18. The van der Waals surface area contributed by atoms with E-state index in [4.69, 9.17) is 10.5 Å². The number of guanidine groups is 1. The van der Waals surface area contributed by atoms with Crippen LogP contribution in [0.5, 0.6) is 0 Å². The van der Waals surface area contributed by atoms with Crippen molar-refractivity contribution in [2.75, 3.05) is 6.61 Å². The van der Waals surface area contributed by atoms with Crippen LogP contribution in [-0.2, 0) is 4.74 Å². The zero-order chi connectivity index (χ0) is 11.3. The van der Waals surface area contributed by atoms with Crippen LogP contribution in [0.25, 0.3) is 0 Å². The minimum atomic E-state index is 0.150. The maximum Gasteiger partial charge on any atom is 0.189 e. The number of aliphatic imine (C=N–C) groups is 1. The Balaban J connectivity index is 1.69. The zero-order valence-electron chi connectivity index (χ0n) is 10.1. The molecule has 3 aliphatic rings. The van der Waals surface area contributed by atoms with Crippen LogP contribution in [0.2, 0.25) is 0 Å². The molecule has 0 bridgehead atoms. The predicted molar refractivity (Wildman–Crippen MR) is 63.2 cm³/mol. The Bertz CT molecular complexity index is 322. The first-order chi connectivity index (χ1) is 7.59. The van der Waals surface area contributed by atoms with E-state index in [1.54, 1.807) is 0 Å². The molecule has 0 aromatic heterocycles. The third kappa shape index (κ3) is 1.51. The summed E-state index contributed by atoms with van der Waals surface area (Å²) < 4.78 is 5.74. The van der Waals surface area contributed by atoms with Crippen LogP contribution in [0.3, 0.4) is 0 Å². The molecule has 2 aliphatic carbocycles. The third-order valence-electron chi connectivity index (χ3n) is 4.25. The molecule has 90 valence electrons. The minimum absolute atomic E-state index is 0.150. The van der Waals surface area contributed by atoms with E-state index in [9.17, 15) is 0 Å². The predicted octanol–water partition coefficient (Wildman–Crippen LogP) is 0.867. The Morgan fingerprint density at radius 1 is 1.38 bits per heavy atom. The molecular weight excluding hydrogens is 202 g/mol. The van der Waals surface area contributed by atoms with E-state index in [1.165, 1.54) is 12.8 Å². The standard InChI is InChI=1S/C12H21N3O/c1-12(2)9(8-5-6-16-10(8)12)15-11(13)14-7-3-4-7/h7-10H,3-6H2,1-2H3,(H3,13,14,15). The molecule has 16 heavy (non-hydrogen) atoms. The molecule has 0 spiro atoms. The van der Waals surface area contributed by atoms with Crippen LogP contribution in [0.4, 0.5) is 0 Å². The molecule has 1 saturated heterocycles. The first-order valence-corrected chi connectivity index (χ1v) is 6.30. The van der Waals surface area contributed by atoms with Crippen LogP contribution in [0.15, 0.2) is 4.99 Å². The summed E-state index contributed by atoms with van der Waals surface area (Å²) in [6.07, 6.45) is 4.01. The van der Waals surface area contributed by atoms with Gasteiger partial charge in [-0.05, 0) is 19.3 Å². The summed E-state index contributed by atoms with van der Waals surface area (Å²) in [5, 5.41) is 3.26. The molecule has 0 aromatic rings. The van der Waals surface area contributed by atoms with Gasteiger partial charge in [0.15, 0.2) is 5.96 Å². The highest BCUT2D eigenvalue weighted by Gasteiger charge is 2.59. The number of fused-ring (bicyclic) bond motifs is 1. The number of nitrogens with one attached hydrogen (secondary N) is 1. The average Bonchev–Trinajstić information content (AvgIpc) is 2.91.